The first-order valence-electron chi connectivity index (χ1n) is 10.6. The van der Waals surface area contributed by atoms with Gasteiger partial charge in [-0.25, -0.2) is 4.98 Å². The molecule has 3 heterocycles. The fraction of sp³-hybridized carbons (Fsp3) is 0.478. The van der Waals surface area contributed by atoms with Gasteiger partial charge in [0.2, 0.25) is 0 Å². The largest absolute Gasteiger partial charge is 0.356 e. The van der Waals surface area contributed by atoms with E-state index in [4.69, 9.17) is 4.98 Å². The number of carbonyl (C=O) groups excluding carboxylic acids is 1. The van der Waals surface area contributed by atoms with Gasteiger partial charge in [-0.15, -0.1) is 0 Å². The highest BCUT2D eigenvalue weighted by Crippen LogP contribution is 2.27. The van der Waals surface area contributed by atoms with E-state index in [0.717, 1.165) is 53.5 Å². The van der Waals surface area contributed by atoms with Crippen LogP contribution < -0.4 is 4.90 Å². The number of fused-ring (bicyclic) bond motifs is 1. The van der Waals surface area contributed by atoms with Crippen LogP contribution in [0.25, 0.3) is 11.0 Å². The Bertz CT molecular complexity index is 1000. The van der Waals surface area contributed by atoms with Gasteiger partial charge in [-0.3, -0.25) is 4.79 Å². The minimum absolute atomic E-state index is 0.159. The summed E-state index contributed by atoms with van der Waals surface area (Å²) in [6.45, 7) is 8.43. The second-order valence-electron chi connectivity index (χ2n) is 8.36. The Morgan fingerprint density at radius 2 is 1.93 bits per heavy atom. The van der Waals surface area contributed by atoms with Gasteiger partial charge >= 0.3 is 0 Å². The molecule has 1 atom stereocenters. The topological polar surface area (TPSA) is 74.8 Å². The quantitative estimate of drug-likeness (QED) is 0.681. The van der Waals surface area contributed by atoms with E-state index in [9.17, 15) is 4.79 Å². The second kappa shape index (κ2) is 8.31. The van der Waals surface area contributed by atoms with Crippen molar-refractivity contribution in [2.75, 3.05) is 18.0 Å². The number of ketones is 1. The Morgan fingerprint density at radius 1 is 1.17 bits per heavy atom. The van der Waals surface area contributed by atoms with E-state index >= 15 is 0 Å². The van der Waals surface area contributed by atoms with E-state index in [1.54, 1.807) is 0 Å². The molecule has 6 nitrogen and oxygen atoms in total. The molecule has 4 rings (SSSR count). The standard InChI is InChI=1S/C23H29N5O/c1-15-10-12-28(13-11-15)23-18(5-4-16(2)24-23)7-9-22(29)17(3)19-6-8-20-21(14-19)26-27-25-20/h4-6,8,14-15,17H,7,9-13H2,1-3H3,(H,25,26,27). The Hall–Kier alpha value is -2.76. The number of aromatic amines is 1. The molecule has 0 saturated carbocycles. The number of rotatable bonds is 6. The third-order valence-corrected chi connectivity index (χ3v) is 6.14. The minimum Gasteiger partial charge on any atom is -0.356 e. The lowest BCUT2D eigenvalue weighted by atomic mass is 9.92. The molecule has 1 N–H and O–H groups in total. The molecule has 1 saturated heterocycles. The van der Waals surface area contributed by atoms with Gasteiger partial charge in [-0.05, 0) is 61.4 Å². The first kappa shape index (κ1) is 19.6. The lowest BCUT2D eigenvalue weighted by Gasteiger charge is -2.32. The normalized spacial score (nSPS) is 16.3. The monoisotopic (exact) mass is 391 g/mol. The van der Waals surface area contributed by atoms with Gasteiger partial charge < -0.3 is 4.90 Å². The van der Waals surface area contributed by atoms with E-state index in [1.165, 1.54) is 18.4 Å². The van der Waals surface area contributed by atoms with Gasteiger partial charge in [-0.1, -0.05) is 26.0 Å². The van der Waals surface area contributed by atoms with Crippen LogP contribution in [0.15, 0.2) is 30.3 Å². The number of aromatic nitrogens is 4. The molecule has 0 spiro atoms. The first-order valence-corrected chi connectivity index (χ1v) is 10.6. The SMILES string of the molecule is Cc1ccc(CCC(=O)C(C)c2ccc3n[nH]nc3c2)c(N2CCC(C)CC2)n1. The van der Waals surface area contributed by atoms with Crippen LogP contribution in [0.3, 0.4) is 0 Å². The summed E-state index contributed by atoms with van der Waals surface area (Å²) in [6, 6.07) is 10.0. The number of hydrogen-bond donors (Lipinski definition) is 1. The zero-order valence-corrected chi connectivity index (χ0v) is 17.5. The maximum atomic E-state index is 12.9. The van der Waals surface area contributed by atoms with Gasteiger partial charge in [0.1, 0.15) is 22.6 Å². The molecule has 6 heteroatoms. The van der Waals surface area contributed by atoms with Gasteiger partial charge in [0.05, 0.1) is 0 Å². The Morgan fingerprint density at radius 3 is 2.72 bits per heavy atom. The highest BCUT2D eigenvalue weighted by molar-refractivity contribution is 5.87. The van der Waals surface area contributed by atoms with Crippen molar-refractivity contribution in [3.05, 3.63) is 47.2 Å². The predicted molar refractivity (Wildman–Crippen MR) is 115 cm³/mol. The Balaban J connectivity index is 1.46. The zero-order chi connectivity index (χ0) is 20.4. The molecule has 1 aromatic carbocycles. The van der Waals surface area contributed by atoms with Gasteiger partial charge in [0, 0.05) is 31.1 Å². The van der Waals surface area contributed by atoms with Crippen molar-refractivity contribution in [1.29, 1.82) is 0 Å². The van der Waals surface area contributed by atoms with E-state index in [1.807, 2.05) is 32.0 Å². The van der Waals surface area contributed by atoms with Crippen LogP contribution in [0.1, 0.15) is 55.8 Å². The molecule has 2 aromatic heterocycles. The van der Waals surface area contributed by atoms with Crippen molar-refractivity contribution in [1.82, 2.24) is 20.4 Å². The van der Waals surface area contributed by atoms with Crippen LogP contribution in [0.5, 0.6) is 0 Å². The number of pyridine rings is 1. The highest BCUT2D eigenvalue weighted by Gasteiger charge is 2.21. The predicted octanol–water partition coefficient (Wildman–Crippen LogP) is 4.20. The molecule has 1 aliphatic rings. The molecule has 1 fully saturated rings. The number of nitrogens with zero attached hydrogens (tertiary/aromatic N) is 4. The van der Waals surface area contributed by atoms with Crippen LogP contribution in [-0.4, -0.2) is 39.3 Å². The number of anilines is 1. The third-order valence-electron chi connectivity index (χ3n) is 6.14. The molecule has 0 aliphatic carbocycles. The fourth-order valence-corrected chi connectivity index (χ4v) is 4.05. The fourth-order valence-electron chi connectivity index (χ4n) is 4.05. The average molecular weight is 392 g/mol. The molecule has 29 heavy (non-hydrogen) atoms. The van der Waals surface area contributed by atoms with Crippen LogP contribution in [0.2, 0.25) is 0 Å². The first-order chi connectivity index (χ1) is 14.0. The molecule has 0 amide bonds. The van der Waals surface area contributed by atoms with Gasteiger partial charge in [0.25, 0.3) is 0 Å². The summed E-state index contributed by atoms with van der Waals surface area (Å²) < 4.78 is 0. The summed E-state index contributed by atoms with van der Waals surface area (Å²) in [5.41, 5.74) is 4.82. The number of carbonyl (C=O) groups is 1. The van der Waals surface area contributed by atoms with Crippen LogP contribution in [-0.2, 0) is 11.2 Å². The third kappa shape index (κ3) is 4.31. The van der Waals surface area contributed by atoms with E-state index in [0.29, 0.717) is 6.42 Å². The number of hydrogen-bond acceptors (Lipinski definition) is 5. The smallest absolute Gasteiger partial charge is 0.140 e. The van der Waals surface area contributed by atoms with Crippen molar-refractivity contribution in [3.8, 4) is 0 Å². The summed E-state index contributed by atoms with van der Waals surface area (Å²) >= 11 is 0. The van der Waals surface area contributed by atoms with Crippen molar-refractivity contribution in [2.24, 2.45) is 5.92 Å². The molecular weight excluding hydrogens is 362 g/mol. The molecule has 3 aromatic rings. The van der Waals surface area contributed by atoms with Crippen LogP contribution in [0, 0.1) is 12.8 Å². The second-order valence-corrected chi connectivity index (χ2v) is 8.36. The molecular formula is C23H29N5O. The molecule has 1 unspecified atom stereocenters. The number of Topliss-reactive ketones (excluding diaryl/α,β-unsaturated/α-hetero) is 1. The minimum atomic E-state index is -0.159. The van der Waals surface area contributed by atoms with Crippen molar-refractivity contribution < 1.29 is 4.79 Å². The van der Waals surface area contributed by atoms with E-state index in [2.05, 4.69) is 39.4 Å². The lowest BCUT2D eigenvalue weighted by Crippen LogP contribution is -2.34. The molecule has 152 valence electrons. The Kier molecular flexibility index (Phi) is 5.60. The maximum Gasteiger partial charge on any atom is 0.140 e. The zero-order valence-electron chi connectivity index (χ0n) is 17.5. The van der Waals surface area contributed by atoms with E-state index < -0.39 is 0 Å². The lowest BCUT2D eigenvalue weighted by molar-refractivity contribution is -0.120. The highest BCUT2D eigenvalue weighted by atomic mass is 16.1. The summed E-state index contributed by atoms with van der Waals surface area (Å²) in [4.78, 5) is 20.1. The van der Waals surface area contributed by atoms with E-state index in [-0.39, 0.29) is 11.7 Å². The summed E-state index contributed by atoms with van der Waals surface area (Å²) in [5.74, 6) is 1.94. The molecule has 0 radical (unpaired) electrons. The van der Waals surface area contributed by atoms with Gasteiger partial charge in [0.15, 0.2) is 0 Å². The van der Waals surface area contributed by atoms with Crippen LogP contribution >= 0.6 is 0 Å². The maximum absolute atomic E-state index is 12.9. The number of aryl methyl sites for hydroxylation is 2. The van der Waals surface area contributed by atoms with Crippen LogP contribution in [0.4, 0.5) is 5.82 Å². The van der Waals surface area contributed by atoms with Crippen molar-refractivity contribution in [3.63, 3.8) is 0 Å². The van der Waals surface area contributed by atoms with Crippen molar-refractivity contribution >= 4 is 22.6 Å². The summed E-state index contributed by atoms with van der Waals surface area (Å²) in [6.07, 6.45) is 3.65. The van der Waals surface area contributed by atoms with Crippen molar-refractivity contribution in [2.45, 2.75) is 52.4 Å². The summed E-state index contributed by atoms with van der Waals surface area (Å²) in [5, 5.41) is 10.8. The average Bonchev–Trinajstić information content (AvgIpc) is 3.20. The number of H-pyrrole nitrogens is 1. The van der Waals surface area contributed by atoms with Gasteiger partial charge in [-0.2, -0.15) is 15.4 Å². The Labute approximate surface area is 171 Å². The number of piperidine rings is 1. The number of nitrogens with one attached hydrogen (secondary N) is 1. The summed E-state index contributed by atoms with van der Waals surface area (Å²) in [7, 11) is 0. The molecule has 1 aliphatic heterocycles. The number of benzene rings is 1. The molecule has 0 bridgehead atoms.